The first kappa shape index (κ1) is 20.1. The Bertz CT molecular complexity index is 1360. The van der Waals surface area contributed by atoms with E-state index in [-0.39, 0.29) is 0 Å². The van der Waals surface area contributed by atoms with Crippen LogP contribution in [0.5, 0.6) is 0 Å². The third-order valence-corrected chi connectivity index (χ3v) is 35.1. The molecule has 0 amide bonds. The molecule has 0 atom stereocenters. The fraction of sp³-hybridized carbons (Fsp3) is 0.0667. The van der Waals surface area contributed by atoms with E-state index in [1.54, 1.807) is 9.82 Å². The van der Waals surface area contributed by atoms with Gasteiger partial charge >= 0.3 is 194 Å². The Kier molecular flexibility index (Phi) is 4.72. The summed E-state index contributed by atoms with van der Waals surface area (Å²) < 4.78 is 5.17. The van der Waals surface area contributed by atoms with E-state index in [0.717, 1.165) is 6.42 Å². The van der Waals surface area contributed by atoms with Crippen LogP contribution in [0.3, 0.4) is 0 Å². The van der Waals surface area contributed by atoms with Crippen LogP contribution in [0.2, 0.25) is 0 Å². The van der Waals surface area contributed by atoms with Crippen LogP contribution < -0.4 is 6.54 Å². The molecule has 0 fully saturated rings. The minimum absolute atomic E-state index is 0.387. The summed E-state index contributed by atoms with van der Waals surface area (Å²) in [6, 6.07) is 41.3. The van der Waals surface area contributed by atoms with Crippen molar-refractivity contribution in [3.8, 4) is 11.1 Å². The van der Waals surface area contributed by atoms with Crippen molar-refractivity contribution in [3.63, 3.8) is 0 Å². The maximum absolute atomic E-state index is 4.17. The van der Waals surface area contributed by atoms with Crippen LogP contribution in [0.25, 0.3) is 11.1 Å². The van der Waals surface area contributed by atoms with E-state index in [9.17, 15) is 0 Å². The third-order valence-electron chi connectivity index (χ3n) is 7.84. The molecule has 6 rings (SSSR count). The van der Waals surface area contributed by atoms with Crippen LogP contribution in [0.15, 0.2) is 131 Å². The van der Waals surface area contributed by atoms with E-state index < -0.39 is 17.4 Å². The number of allylic oxidation sites excluding steroid dienone is 4. The van der Waals surface area contributed by atoms with Gasteiger partial charge < -0.3 is 0 Å². The normalized spacial score (nSPS) is 15.3. The monoisotopic (exact) mass is 504 g/mol. The fourth-order valence-electron chi connectivity index (χ4n) is 6.41. The van der Waals surface area contributed by atoms with E-state index >= 15 is 0 Å². The van der Waals surface area contributed by atoms with Crippen LogP contribution in [0.1, 0.15) is 21.2 Å². The Morgan fingerprint density at radius 2 is 1.06 bits per heavy atom. The van der Waals surface area contributed by atoms with Crippen molar-refractivity contribution in [2.45, 2.75) is 10.0 Å². The molecular weight excluding hydrogens is 480 g/mol. The Labute approximate surface area is 192 Å². The summed E-state index contributed by atoms with van der Waals surface area (Å²) in [4.78, 5) is 0. The summed E-state index contributed by atoms with van der Waals surface area (Å²) in [5, 5.41) is 0. The van der Waals surface area contributed by atoms with E-state index in [2.05, 4.69) is 134 Å². The molecule has 0 spiro atoms. The average Bonchev–Trinajstić information content (AvgIpc) is 3.53. The van der Waals surface area contributed by atoms with Crippen molar-refractivity contribution in [1.82, 2.24) is 0 Å². The van der Waals surface area contributed by atoms with Gasteiger partial charge in [0.05, 0.1) is 0 Å². The molecule has 2 aliphatic carbocycles. The van der Waals surface area contributed by atoms with Crippen molar-refractivity contribution in [3.05, 3.63) is 142 Å². The van der Waals surface area contributed by atoms with Crippen LogP contribution in [-0.2, 0) is 17.4 Å². The third kappa shape index (κ3) is 2.57. The molecular formula is C30H26SiZr. The molecule has 0 radical (unpaired) electrons. The van der Waals surface area contributed by atoms with Crippen LogP contribution in [-0.4, -0.2) is 6.88 Å². The topological polar surface area (TPSA) is 0 Å². The van der Waals surface area contributed by atoms with Gasteiger partial charge in [-0.05, 0) is 0 Å². The van der Waals surface area contributed by atoms with Crippen molar-refractivity contribution in [1.29, 1.82) is 0 Å². The summed E-state index contributed by atoms with van der Waals surface area (Å²) in [6.07, 6.45) is 8.16. The van der Waals surface area contributed by atoms with E-state index in [1.807, 2.05) is 0 Å². The number of rotatable bonds is 4. The van der Waals surface area contributed by atoms with Gasteiger partial charge in [-0.3, -0.25) is 0 Å². The summed E-state index contributed by atoms with van der Waals surface area (Å²) in [7, 11) is 0. The molecule has 0 saturated carbocycles. The zero-order valence-electron chi connectivity index (χ0n) is 18.1. The van der Waals surface area contributed by atoms with Crippen molar-refractivity contribution >= 4 is 13.4 Å². The molecule has 0 heterocycles. The van der Waals surface area contributed by atoms with Gasteiger partial charge in [-0.1, -0.05) is 0 Å². The SMILES string of the molecule is [SiH2]=[Zr]([C]1=CC=CC1)([c]1ccccc1)([c]1ccccc1)[CH]1c2ccccc2-c2ccccc21. The first-order valence-electron chi connectivity index (χ1n) is 11.4. The number of benzene rings is 4. The minimum atomic E-state index is -4.17. The van der Waals surface area contributed by atoms with Crippen LogP contribution in [0.4, 0.5) is 0 Å². The molecule has 0 saturated heterocycles. The summed E-state index contributed by atoms with van der Waals surface area (Å²) >= 11 is -4.17. The Morgan fingerprint density at radius 3 is 1.53 bits per heavy atom. The fourth-order valence-corrected chi connectivity index (χ4v) is 30.5. The number of hydrogen-bond donors (Lipinski definition) is 0. The molecule has 2 aliphatic rings. The molecule has 0 aromatic heterocycles. The van der Waals surface area contributed by atoms with E-state index in [4.69, 9.17) is 0 Å². The van der Waals surface area contributed by atoms with E-state index in [1.165, 1.54) is 22.3 Å². The Morgan fingerprint density at radius 1 is 0.594 bits per heavy atom. The van der Waals surface area contributed by atoms with Gasteiger partial charge in [0.2, 0.25) is 0 Å². The van der Waals surface area contributed by atoms with Crippen molar-refractivity contribution < 1.29 is 17.4 Å². The Balaban J connectivity index is 1.83. The first-order valence-corrected chi connectivity index (χ1v) is 22.4. The molecule has 2 heteroatoms. The summed E-state index contributed by atoms with van der Waals surface area (Å²) in [5.74, 6) is 0. The van der Waals surface area contributed by atoms with Crippen LogP contribution in [0, 0.1) is 0 Å². The summed E-state index contributed by atoms with van der Waals surface area (Å²) in [5.41, 5.74) is 5.85. The van der Waals surface area contributed by atoms with Crippen molar-refractivity contribution in [2.75, 3.05) is 0 Å². The summed E-state index contributed by atoms with van der Waals surface area (Å²) in [6.45, 7) is 2.39. The van der Waals surface area contributed by atoms with Crippen LogP contribution >= 0.6 is 0 Å². The Hall–Kier alpha value is -2.54. The molecule has 4 aromatic rings. The predicted molar refractivity (Wildman–Crippen MR) is 136 cm³/mol. The molecule has 32 heavy (non-hydrogen) atoms. The van der Waals surface area contributed by atoms with Gasteiger partial charge in [0.1, 0.15) is 0 Å². The van der Waals surface area contributed by atoms with Gasteiger partial charge in [0, 0.05) is 0 Å². The molecule has 4 aromatic carbocycles. The number of hydrogen-bond acceptors (Lipinski definition) is 0. The quantitative estimate of drug-likeness (QED) is 0.322. The molecule has 154 valence electrons. The van der Waals surface area contributed by atoms with Gasteiger partial charge in [0.25, 0.3) is 0 Å². The second kappa shape index (κ2) is 7.51. The maximum atomic E-state index is 2.46. The van der Waals surface area contributed by atoms with Gasteiger partial charge in [-0.15, -0.1) is 0 Å². The van der Waals surface area contributed by atoms with Crippen molar-refractivity contribution in [2.24, 2.45) is 0 Å². The van der Waals surface area contributed by atoms with Gasteiger partial charge in [-0.2, -0.15) is 0 Å². The predicted octanol–water partition coefficient (Wildman–Crippen LogP) is 5.49. The molecule has 0 unspecified atom stereocenters. The van der Waals surface area contributed by atoms with E-state index in [0.29, 0.717) is 3.63 Å². The first-order chi connectivity index (χ1) is 15.7. The average molecular weight is 506 g/mol. The molecule has 0 nitrogen and oxygen atoms in total. The second-order valence-electron chi connectivity index (χ2n) is 9.21. The number of fused-ring (bicyclic) bond motifs is 3. The molecule has 0 aliphatic heterocycles. The molecule has 0 bridgehead atoms. The van der Waals surface area contributed by atoms with Gasteiger partial charge in [0.15, 0.2) is 0 Å². The zero-order valence-corrected chi connectivity index (χ0v) is 22.0. The standard InChI is InChI=1S/C13H9.2C6H5.C5H5.H2Si.Zr/c1-3-7-12-10(5-1)9-11-6-2-4-8-13(11)12;2*1-2-4-6-5-3-1;1-2-4-5-3-1;;/h1-9H;2*1-5H;1-3H,4H2;1H2;. The second-order valence-corrected chi connectivity index (χ2v) is 31.3. The zero-order chi connectivity index (χ0) is 21.6. The molecule has 0 N–H and O–H groups in total. The van der Waals surface area contributed by atoms with Gasteiger partial charge in [-0.25, -0.2) is 0 Å².